The van der Waals surface area contributed by atoms with Gasteiger partial charge in [-0.25, -0.2) is 0 Å². The quantitative estimate of drug-likeness (QED) is 0.822. The molecule has 0 aliphatic carbocycles. The Morgan fingerprint density at radius 1 is 1.23 bits per heavy atom. The Morgan fingerprint density at radius 3 is 2.82 bits per heavy atom. The largest absolute Gasteiger partial charge is 0.454 e. The Kier molecular flexibility index (Phi) is 4.04. The van der Waals surface area contributed by atoms with Crippen LogP contribution in [0.5, 0.6) is 11.5 Å². The molecule has 0 saturated carbocycles. The molecule has 1 saturated heterocycles. The minimum atomic E-state index is -0.263. The minimum Gasteiger partial charge on any atom is -0.454 e. The Labute approximate surface area is 128 Å². The summed E-state index contributed by atoms with van der Waals surface area (Å²) in [6.07, 6.45) is 3.37. The number of benzene rings is 1. The molecule has 0 aromatic heterocycles. The van der Waals surface area contributed by atoms with E-state index in [4.69, 9.17) is 15.2 Å². The lowest BCUT2D eigenvalue weighted by atomic mass is 10.2. The van der Waals surface area contributed by atoms with Crippen LogP contribution >= 0.6 is 0 Å². The van der Waals surface area contributed by atoms with Crippen molar-refractivity contribution in [3.8, 4) is 11.5 Å². The average molecular weight is 305 g/mol. The van der Waals surface area contributed by atoms with E-state index >= 15 is 0 Å². The molecule has 2 aliphatic rings. The van der Waals surface area contributed by atoms with E-state index in [0.717, 1.165) is 19.3 Å². The van der Waals surface area contributed by atoms with Gasteiger partial charge in [-0.1, -0.05) is 6.42 Å². The van der Waals surface area contributed by atoms with Crippen LogP contribution in [-0.2, 0) is 9.59 Å². The molecule has 0 spiro atoms. The number of nitrogens with one attached hydrogen (secondary N) is 1. The normalized spacial score (nSPS) is 17.3. The SMILES string of the molecule is Nc1cc2c(cc1NC(=O)CN1CCCCCC1=O)OCO2. The predicted octanol–water partition coefficient (Wildman–Crippen LogP) is 1.34. The highest BCUT2D eigenvalue weighted by molar-refractivity contribution is 5.97. The van der Waals surface area contributed by atoms with Crippen molar-refractivity contribution in [2.45, 2.75) is 25.7 Å². The first-order valence-electron chi connectivity index (χ1n) is 7.40. The molecular weight excluding hydrogens is 286 g/mol. The molecule has 1 fully saturated rings. The van der Waals surface area contributed by atoms with Crippen LogP contribution in [0, 0.1) is 0 Å². The number of rotatable bonds is 3. The van der Waals surface area contributed by atoms with E-state index in [-0.39, 0.29) is 25.2 Å². The molecule has 0 unspecified atom stereocenters. The van der Waals surface area contributed by atoms with Crippen LogP contribution in [0.4, 0.5) is 11.4 Å². The zero-order valence-corrected chi connectivity index (χ0v) is 12.3. The molecule has 2 heterocycles. The number of anilines is 2. The van der Waals surface area contributed by atoms with Crippen molar-refractivity contribution < 1.29 is 19.1 Å². The van der Waals surface area contributed by atoms with Crippen LogP contribution in [0.15, 0.2) is 12.1 Å². The number of nitrogens with zero attached hydrogens (tertiary/aromatic N) is 1. The minimum absolute atomic E-state index is 0.0336. The lowest BCUT2D eigenvalue weighted by Gasteiger charge is -2.20. The van der Waals surface area contributed by atoms with Crippen molar-refractivity contribution in [2.24, 2.45) is 0 Å². The number of nitrogens with two attached hydrogens (primary N) is 1. The van der Waals surface area contributed by atoms with E-state index in [0.29, 0.717) is 35.8 Å². The predicted molar refractivity (Wildman–Crippen MR) is 80.7 cm³/mol. The summed E-state index contributed by atoms with van der Waals surface area (Å²) in [7, 11) is 0. The van der Waals surface area contributed by atoms with E-state index < -0.39 is 0 Å². The molecule has 3 rings (SSSR count). The van der Waals surface area contributed by atoms with E-state index in [1.165, 1.54) is 0 Å². The van der Waals surface area contributed by atoms with Crippen molar-refractivity contribution in [3.63, 3.8) is 0 Å². The molecule has 2 amide bonds. The van der Waals surface area contributed by atoms with E-state index in [1.54, 1.807) is 17.0 Å². The number of ether oxygens (including phenoxy) is 2. The smallest absolute Gasteiger partial charge is 0.244 e. The van der Waals surface area contributed by atoms with Gasteiger partial charge in [-0.3, -0.25) is 9.59 Å². The van der Waals surface area contributed by atoms with Crippen molar-refractivity contribution >= 4 is 23.2 Å². The Morgan fingerprint density at radius 2 is 2.00 bits per heavy atom. The van der Waals surface area contributed by atoms with Crippen LogP contribution in [-0.4, -0.2) is 36.6 Å². The number of hydrogen-bond acceptors (Lipinski definition) is 5. The van der Waals surface area contributed by atoms with Gasteiger partial charge in [0.05, 0.1) is 17.9 Å². The second kappa shape index (κ2) is 6.13. The van der Waals surface area contributed by atoms with Crippen molar-refractivity contribution in [1.82, 2.24) is 4.90 Å². The fourth-order valence-corrected chi connectivity index (χ4v) is 2.63. The van der Waals surface area contributed by atoms with Crippen LogP contribution in [0.3, 0.4) is 0 Å². The highest BCUT2D eigenvalue weighted by atomic mass is 16.7. The summed E-state index contributed by atoms with van der Waals surface area (Å²) >= 11 is 0. The number of carbonyl (C=O) groups excluding carboxylic acids is 2. The molecule has 3 N–H and O–H groups in total. The number of carbonyl (C=O) groups is 2. The summed E-state index contributed by atoms with van der Waals surface area (Å²) in [6.45, 7) is 0.823. The van der Waals surface area contributed by atoms with Gasteiger partial charge in [0.1, 0.15) is 0 Å². The van der Waals surface area contributed by atoms with Gasteiger partial charge in [0.25, 0.3) is 0 Å². The fraction of sp³-hybridized carbons (Fsp3) is 0.467. The maximum atomic E-state index is 12.2. The summed E-state index contributed by atoms with van der Waals surface area (Å²) in [6, 6.07) is 3.26. The maximum absolute atomic E-state index is 12.2. The van der Waals surface area contributed by atoms with Gasteiger partial charge in [0, 0.05) is 25.1 Å². The molecule has 7 nitrogen and oxygen atoms in total. The van der Waals surface area contributed by atoms with Crippen molar-refractivity contribution in [3.05, 3.63) is 12.1 Å². The molecule has 0 bridgehead atoms. The van der Waals surface area contributed by atoms with Crippen LogP contribution in [0.1, 0.15) is 25.7 Å². The molecule has 22 heavy (non-hydrogen) atoms. The standard InChI is InChI=1S/C15H19N3O4/c16-10-6-12-13(22-9-21-12)7-11(10)17-14(19)8-18-5-3-1-2-4-15(18)20/h6-7H,1-5,8-9,16H2,(H,17,19). The molecule has 2 aliphatic heterocycles. The highest BCUT2D eigenvalue weighted by Gasteiger charge is 2.21. The van der Waals surface area contributed by atoms with Gasteiger partial charge in [0.2, 0.25) is 18.6 Å². The molecule has 1 aromatic rings. The molecule has 0 radical (unpaired) electrons. The fourth-order valence-electron chi connectivity index (χ4n) is 2.63. The number of amides is 2. The summed E-state index contributed by atoms with van der Waals surface area (Å²) < 4.78 is 10.5. The first-order valence-corrected chi connectivity index (χ1v) is 7.40. The summed E-state index contributed by atoms with van der Waals surface area (Å²) in [5.74, 6) is 0.890. The van der Waals surface area contributed by atoms with Crippen molar-refractivity contribution in [1.29, 1.82) is 0 Å². The maximum Gasteiger partial charge on any atom is 0.244 e. The zero-order chi connectivity index (χ0) is 15.5. The van der Waals surface area contributed by atoms with E-state index in [2.05, 4.69) is 5.32 Å². The molecular formula is C15H19N3O4. The average Bonchev–Trinajstić information content (AvgIpc) is 2.83. The third-order valence-corrected chi connectivity index (χ3v) is 3.82. The first-order chi connectivity index (χ1) is 10.6. The van der Waals surface area contributed by atoms with Gasteiger partial charge in [-0.2, -0.15) is 0 Å². The molecule has 118 valence electrons. The van der Waals surface area contributed by atoms with Gasteiger partial charge in [-0.05, 0) is 12.8 Å². The zero-order valence-electron chi connectivity index (χ0n) is 12.3. The molecule has 7 heteroatoms. The third-order valence-electron chi connectivity index (χ3n) is 3.82. The topological polar surface area (TPSA) is 93.9 Å². The van der Waals surface area contributed by atoms with Crippen molar-refractivity contribution in [2.75, 3.05) is 30.9 Å². The van der Waals surface area contributed by atoms with E-state index in [1.807, 2.05) is 0 Å². The molecule has 1 aromatic carbocycles. The first kappa shape index (κ1) is 14.5. The Bertz CT molecular complexity index is 603. The lowest BCUT2D eigenvalue weighted by Crippen LogP contribution is -2.37. The van der Waals surface area contributed by atoms with Crippen LogP contribution < -0.4 is 20.5 Å². The number of likely N-dealkylation sites (tertiary alicyclic amines) is 1. The van der Waals surface area contributed by atoms with Crippen LogP contribution in [0.25, 0.3) is 0 Å². The third kappa shape index (κ3) is 3.08. The van der Waals surface area contributed by atoms with E-state index in [9.17, 15) is 9.59 Å². The highest BCUT2D eigenvalue weighted by Crippen LogP contribution is 2.38. The van der Waals surface area contributed by atoms with Gasteiger partial charge >= 0.3 is 0 Å². The summed E-state index contributed by atoms with van der Waals surface area (Å²) in [5.41, 5.74) is 6.77. The summed E-state index contributed by atoms with van der Waals surface area (Å²) in [5, 5.41) is 2.73. The summed E-state index contributed by atoms with van der Waals surface area (Å²) in [4.78, 5) is 25.7. The number of nitrogen functional groups attached to an aromatic ring is 1. The number of fused-ring (bicyclic) bond motifs is 1. The lowest BCUT2D eigenvalue weighted by molar-refractivity contribution is -0.134. The number of hydrogen-bond donors (Lipinski definition) is 2. The Balaban J connectivity index is 1.65. The van der Waals surface area contributed by atoms with Gasteiger partial charge in [-0.15, -0.1) is 0 Å². The second-order valence-electron chi connectivity index (χ2n) is 5.47. The Hall–Kier alpha value is -2.44. The second-order valence-corrected chi connectivity index (χ2v) is 5.47. The van der Waals surface area contributed by atoms with Gasteiger partial charge < -0.3 is 25.4 Å². The monoisotopic (exact) mass is 305 g/mol. The van der Waals surface area contributed by atoms with Gasteiger partial charge in [0.15, 0.2) is 11.5 Å². The molecule has 0 atom stereocenters. The van der Waals surface area contributed by atoms with Crippen LogP contribution in [0.2, 0.25) is 0 Å².